The van der Waals surface area contributed by atoms with Gasteiger partial charge in [0.1, 0.15) is 12.7 Å². The zero-order valence-electron chi connectivity index (χ0n) is 22.3. The van der Waals surface area contributed by atoms with E-state index < -0.39 is 55.2 Å². The standard InChI is InChI=1S/C28H25F4N5O5/c1-15(2)34-22-20-23(36-27(35-22)28(30,31)32)37(14-33-20)24-19(29)21(42-26(39)17-11-7-4-8-12-17)18(41-24)13-40-25(38)16-9-5-3-6-10-16/h3-12,14-15,18-19,21,24H,13H2,1-2H3,(H,34,35,36)/t18-,19?,21?,24-/m1/s1. The number of imidazole rings is 1. The summed E-state index contributed by atoms with van der Waals surface area (Å²) in [5.41, 5.74) is -0.0514. The Hall–Kier alpha value is -4.59. The first-order chi connectivity index (χ1) is 20.0. The molecule has 1 N–H and O–H groups in total. The van der Waals surface area contributed by atoms with E-state index in [1.165, 1.54) is 24.3 Å². The van der Waals surface area contributed by atoms with E-state index in [4.69, 9.17) is 14.2 Å². The zero-order valence-corrected chi connectivity index (χ0v) is 22.3. The molecule has 10 nitrogen and oxygen atoms in total. The Morgan fingerprint density at radius 2 is 1.62 bits per heavy atom. The van der Waals surface area contributed by atoms with Gasteiger partial charge >= 0.3 is 18.1 Å². The van der Waals surface area contributed by atoms with Gasteiger partial charge in [0.2, 0.25) is 5.82 Å². The third-order valence-electron chi connectivity index (χ3n) is 6.28. The van der Waals surface area contributed by atoms with Gasteiger partial charge in [-0.25, -0.2) is 28.9 Å². The molecule has 0 bridgehead atoms. The number of hydrogen-bond acceptors (Lipinski definition) is 9. The average molecular weight is 588 g/mol. The molecule has 3 heterocycles. The molecule has 5 rings (SSSR count). The molecule has 220 valence electrons. The molecule has 1 fully saturated rings. The van der Waals surface area contributed by atoms with E-state index in [9.17, 15) is 22.8 Å². The van der Waals surface area contributed by atoms with Gasteiger partial charge in [0.15, 0.2) is 35.5 Å². The summed E-state index contributed by atoms with van der Waals surface area (Å²) >= 11 is 0. The summed E-state index contributed by atoms with van der Waals surface area (Å²) in [5.74, 6) is -3.26. The van der Waals surface area contributed by atoms with Crippen LogP contribution in [0.3, 0.4) is 0 Å². The van der Waals surface area contributed by atoms with E-state index in [-0.39, 0.29) is 34.2 Å². The highest BCUT2D eigenvalue weighted by molar-refractivity contribution is 5.90. The second kappa shape index (κ2) is 11.7. The van der Waals surface area contributed by atoms with Crippen LogP contribution < -0.4 is 5.32 Å². The van der Waals surface area contributed by atoms with Crippen LogP contribution in [0.5, 0.6) is 0 Å². The van der Waals surface area contributed by atoms with Gasteiger partial charge < -0.3 is 19.5 Å². The minimum atomic E-state index is -4.91. The second-order valence-electron chi connectivity index (χ2n) is 9.73. The van der Waals surface area contributed by atoms with Gasteiger partial charge in [-0.1, -0.05) is 36.4 Å². The number of anilines is 1. The highest BCUT2D eigenvalue weighted by atomic mass is 19.4. The lowest BCUT2D eigenvalue weighted by atomic mass is 10.1. The van der Waals surface area contributed by atoms with Gasteiger partial charge in [-0.3, -0.25) is 4.57 Å². The number of nitrogens with one attached hydrogen (secondary N) is 1. The number of hydrogen-bond donors (Lipinski definition) is 1. The fourth-order valence-electron chi connectivity index (χ4n) is 4.38. The molecule has 1 aliphatic heterocycles. The minimum Gasteiger partial charge on any atom is -0.459 e. The van der Waals surface area contributed by atoms with Crippen LogP contribution in [0.15, 0.2) is 67.0 Å². The molecule has 0 spiro atoms. The maximum absolute atomic E-state index is 16.1. The zero-order chi connectivity index (χ0) is 30.0. The van der Waals surface area contributed by atoms with Crippen molar-refractivity contribution in [3.63, 3.8) is 0 Å². The molecule has 0 radical (unpaired) electrons. The topological polar surface area (TPSA) is 117 Å². The molecule has 42 heavy (non-hydrogen) atoms. The molecule has 1 aliphatic rings. The van der Waals surface area contributed by atoms with Crippen molar-refractivity contribution in [1.29, 1.82) is 0 Å². The van der Waals surface area contributed by atoms with Gasteiger partial charge in [-0.05, 0) is 38.1 Å². The fraction of sp³-hybridized carbons (Fsp3) is 0.321. The first-order valence-corrected chi connectivity index (χ1v) is 12.9. The van der Waals surface area contributed by atoms with Gasteiger partial charge in [-0.2, -0.15) is 13.2 Å². The Balaban J connectivity index is 1.48. The minimum absolute atomic E-state index is 0.0516. The summed E-state index contributed by atoms with van der Waals surface area (Å²) in [4.78, 5) is 36.7. The van der Waals surface area contributed by atoms with E-state index in [2.05, 4.69) is 20.3 Å². The SMILES string of the molecule is CC(C)Nc1nc(C(F)(F)F)nc2c1ncn2[C@@H]1O[C@H](COC(=O)c2ccccc2)C(OC(=O)c2ccccc2)C1F. The van der Waals surface area contributed by atoms with E-state index in [1.54, 1.807) is 50.2 Å². The van der Waals surface area contributed by atoms with Gasteiger partial charge in [0.25, 0.3) is 0 Å². The predicted molar refractivity (Wildman–Crippen MR) is 140 cm³/mol. The van der Waals surface area contributed by atoms with E-state index >= 15 is 4.39 Å². The quantitative estimate of drug-likeness (QED) is 0.225. The normalized spacial score (nSPS) is 20.5. The van der Waals surface area contributed by atoms with Crippen molar-refractivity contribution in [3.05, 3.63) is 83.9 Å². The second-order valence-corrected chi connectivity index (χ2v) is 9.73. The van der Waals surface area contributed by atoms with Crippen molar-refractivity contribution >= 4 is 28.9 Å². The van der Waals surface area contributed by atoms with Crippen molar-refractivity contribution in [2.75, 3.05) is 11.9 Å². The number of halogens is 4. The number of rotatable bonds is 8. The van der Waals surface area contributed by atoms with E-state index in [0.717, 1.165) is 10.9 Å². The molecule has 2 aromatic carbocycles. The van der Waals surface area contributed by atoms with E-state index in [0.29, 0.717) is 0 Å². The first kappa shape index (κ1) is 28.9. The smallest absolute Gasteiger partial charge is 0.451 e. The van der Waals surface area contributed by atoms with Crippen molar-refractivity contribution in [2.24, 2.45) is 0 Å². The van der Waals surface area contributed by atoms with Crippen LogP contribution in [0, 0.1) is 0 Å². The summed E-state index contributed by atoms with van der Waals surface area (Å²) in [6.07, 6.45) is -10.5. The highest BCUT2D eigenvalue weighted by Crippen LogP contribution is 2.38. The lowest BCUT2D eigenvalue weighted by Gasteiger charge is -2.19. The van der Waals surface area contributed by atoms with Crippen molar-refractivity contribution in [1.82, 2.24) is 19.5 Å². The number of aromatic nitrogens is 4. The van der Waals surface area contributed by atoms with Crippen molar-refractivity contribution in [2.45, 2.75) is 50.7 Å². The molecule has 2 aromatic heterocycles. The summed E-state index contributed by atoms with van der Waals surface area (Å²) in [6, 6.07) is 15.5. The number of fused-ring (bicyclic) bond motifs is 1. The summed E-state index contributed by atoms with van der Waals surface area (Å²) in [7, 11) is 0. The van der Waals surface area contributed by atoms with Gasteiger partial charge in [0.05, 0.1) is 17.5 Å². The molecule has 4 atom stereocenters. The third kappa shape index (κ3) is 6.03. The Morgan fingerprint density at radius 1 is 1.00 bits per heavy atom. The van der Waals surface area contributed by atoms with Crippen LogP contribution in [0.4, 0.5) is 23.4 Å². The summed E-state index contributed by atoms with van der Waals surface area (Å²) < 4.78 is 74.7. The lowest BCUT2D eigenvalue weighted by molar-refractivity contribution is -0.144. The molecule has 14 heteroatoms. The number of esters is 2. The van der Waals surface area contributed by atoms with E-state index in [1.807, 2.05) is 0 Å². The number of ether oxygens (including phenoxy) is 3. The number of carbonyl (C=O) groups excluding carboxylic acids is 2. The van der Waals surface area contributed by atoms with Gasteiger partial charge in [-0.15, -0.1) is 0 Å². The Morgan fingerprint density at radius 3 is 2.21 bits per heavy atom. The first-order valence-electron chi connectivity index (χ1n) is 12.9. The fourth-order valence-corrected chi connectivity index (χ4v) is 4.38. The third-order valence-corrected chi connectivity index (χ3v) is 6.28. The lowest BCUT2D eigenvalue weighted by Crippen LogP contribution is -2.37. The van der Waals surface area contributed by atoms with Crippen LogP contribution in [0.25, 0.3) is 11.2 Å². The maximum Gasteiger partial charge on any atom is 0.451 e. The van der Waals surface area contributed by atoms with Crippen LogP contribution in [0.1, 0.15) is 46.6 Å². The Labute approximate surface area is 236 Å². The predicted octanol–water partition coefficient (Wildman–Crippen LogP) is 4.98. The van der Waals surface area contributed by atoms with Crippen LogP contribution >= 0.6 is 0 Å². The van der Waals surface area contributed by atoms with Crippen LogP contribution in [-0.2, 0) is 20.4 Å². The Kier molecular flexibility index (Phi) is 8.07. The van der Waals surface area contributed by atoms with Crippen LogP contribution in [0.2, 0.25) is 0 Å². The molecule has 0 aliphatic carbocycles. The average Bonchev–Trinajstić information content (AvgIpc) is 3.52. The monoisotopic (exact) mass is 587 g/mol. The highest BCUT2D eigenvalue weighted by Gasteiger charge is 2.50. The largest absolute Gasteiger partial charge is 0.459 e. The maximum atomic E-state index is 16.1. The number of carbonyl (C=O) groups is 2. The molecule has 4 aromatic rings. The summed E-state index contributed by atoms with van der Waals surface area (Å²) in [6.45, 7) is 2.87. The molecule has 0 amide bonds. The van der Waals surface area contributed by atoms with Crippen LogP contribution in [-0.4, -0.2) is 62.5 Å². The molecule has 2 unspecified atom stereocenters. The van der Waals surface area contributed by atoms with Gasteiger partial charge in [0, 0.05) is 6.04 Å². The summed E-state index contributed by atoms with van der Waals surface area (Å²) in [5, 5.41) is 2.80. The van der Waals surface area contributed by atoms with Crippen molar-refractivity contribution < 1.29 is 41.4 Å². The number of nitrogens with zero attached hydrogens (tertiary/aromatic N) is 4. The molecule has 0 saturated carbocycles. The molecular formula is C28H25F4N5O5. The Bertz CT molecular complexity index is 1570. The number of alkyl halides is 4. The molecule has 1 saturated heterocycles. The number of benzene rings is 2. The molecular weight excluding hydrogens is 562 g/mol. The van der Waals surface area contributed by atoms with Crippen molar-refractivity contribution in [3.8, 4) is 0 Å².